The first kappa shape index (κ1) is 15.5. The van der Waals surface area contributed by atoms with Crippen LogP contribution in [0.25, 0.3) is 0 Å². The highest BCUT2D eigenvalue weighted by atomic mass is 35.5. The zero-order chi connectivity index (χ0) is 15.2. The number of hydrogen-bond donors (Lipinski definition) is 1. The fraction of sp³-hybridized carbons (Fsp3) is 0.231. The molecule has 1 N–H and O–H groups in total. The molecule has 110 valence electrons. The van der Waals surface area contributed by atoms with Gasteiger partial charge in [-0.15, -0.1) is 16.8 Å². The zero-order valence-electron chi connectivity index (χ0n) is 11.4. The SMILES string of the molecule is C=CCn1c(C)nnc1SCC(=O)Nc1ccc(Cl)cn1. The van der Waals surface area contributed by atoms with Crippen LogP contribution in [-0.4, -0.2) is 31.4 Å². The molecule has 2 aromatic rings. The summed E-state index contributed by atoms with van der Waals surface area (Å²) in [5.74, 6) is 1.31. The molecule has 0 unspecified atom stereocenters. The van der Waals surface area contributed by atoms with Gasteiger partial charge in [-0.2, -0.15) is 0 Å². The highest BCUT2D eigenvalue weighted by Gasteiger charge is 2.11. The van der Waals surface area contributed by atoms with Crippen LogP contribution in [0.1, 0.15) is 5.82 Å². The number of thioether (sulfide) groups is 1. The van der Waals surface area contributed by atoms with Gasteiger partial charge in [-0.1, -0.05) is 29.4 Å². The number of carbonyl (C=O) groups is 1. The van der Waals surface area contributed by atoms with Gasteiger partial charge in [0.1, 0.15) is 11.6 Å². The highest BCUT2D eigenvalue weighted by Crippen LogP contribution is 2.17. The van der Waals surface area contributed by atoms with E-state index in [0.29, 0.717) is 22.5 Å². The normalized spacial score (nSPS) is 10.4. The second kappa shape index (κ2) is 7.24. The summed E-state index contributed by atoms with van der Waals surface area (Å²) in [6.07, 6.45) is 3.24. The van der Waals surface area contributed by atoms with Crippen molar-refractivity contribution in [3.63, 3.8) is 0 Å². The minimum absolute atomic E-state index is 0.166. The van der Waals surface area contributed by atoms with Gasteiger partial charge in [0.25, 0.3) is 0 Å². The summed E-state index contributed by atoms with van der Waals surface area (Å²) < 4.78 is 1.89. The molecule has 2 aromatic heterocycles. The van der Waals surface area contributed by atoms with E-state index in [0.717, 1.165) is 5.82 Å². The summed E-state index contributed by atoms with van der Waals surface area (Å²) in [5, 5.41) is 11.9. The van der Waals surface area contributed by atoms with E-state index in [1.54, 1.807) is 18.2 Å². The van der Waals surface area contributed by atoms with E-state index in [-0.39, 0.29) is 11.7 Å². The average molecular weight is 324 g/mol. The first-order valence-electron chi connectivity index (χ1n) is 6.15. The average Bonchev–Trinajstić information content (AvgIpc) is 2.81. The Hall–Kier alpha value is -1.86. The summed E-state index contributed by atoms with van der Waals surface area (Å²) in [7, 11) is 0. The molecule has 1 amide bonds. The van der Waals surface area contributed by atoms with Crippen LogP contribution in [-0.2, 0) is 11.3 Å². The number of nitrogens with zero attached hydrogens (tertiary/aromatic N) is 4. The van der Waals surface area contributed by atoms with E-state index in [1.165, 1.54) is 18.0 Å². The standard InChI is InChI=1S/C13H14ClN5OS/c1-3-6-19-9(2)17-18-13(19)21-8-12(20)16-11-5-4-10(14)7-15-11/h3-5,7H,1,6,8H2,2H3,(H,15,16,20). The van der Waals surface area contributed by atoms with Crippen LogP contribution in [0.2, 0.25) is 5.02 Å². The van der Waals surface area contributed by atoms with E-state index in [1.807, 2.05) is 11.5 Å². The fourth-order valence-electron chi connectivity index (χ4n) is 1.57. The van der Waals surface area contributed by atoms with Gasteiger partial charge < -0.3 is 9.88 Å². The van der Waals surface area contributed by atoms with Crippen molar-refractivity contribution in [1.29, 1.82) is 0 Å². The molecule has 0 spiro atoms. The number of aryl methyl sites for hydroxylation is 1. The van der Waals surface area contributed by atoms with Crippen LogP contribution < -0.4 is 5.32 Å². The van der Waals surface area contributed by atoms with Crippen LogP contribution in [0.15, 0.2) is 36.1 Å². The number of pyridine rings is 1. The second-order valence-electron chi connectivity index (χ2n) is 4.13. The molecule has 6 nitrogen and oxygen atoms in total. The largest absolute Gasteiger partial charge is 0.310 e. The van der Waals surface area contributed by atoms with Crippen LogP contribution >= 0.6 is 23.4 Å². The predicted octanol–water partition coefficient (Wildman–Crippen LogP) is 2.55. The molecule has 0 fully saturated rings. The maximum atomic E-state index is 11.9. The maximum Gasteiger partial charge on any atom is 0.236 e. The number of nitrogens with one attached hydrogen (secondary N) is 1. The van der Waals surface area contributed by atoms with Crippen LogP contribution in [0.5, 0.6) is 0 Å². The number of rotatable bonds is 6. The summed E-state index contributed by atoms with van der Waals surface area (Å²) >= 11 is 7.05. The van der Waals surface area contributed by atoms with E-state index in [9.17, 15) is 4.79 Å². The summed E-state index contributed by atoms with van der Waals surface area (Å²) in [6, 6.07) is 3.32. The zero-order valence-corrected chi connectivity index (χ0v) is 13.0. The quantitative estimate of drug-likeness (QED) is 0.653. The number of hydrogen-bond acceptors (Lipinski definition) is 5. The first-order chi connectivity index (χ1) is 10.1. The van der Waals surface area contributed by atoms with E-state index < -0.39 is 0 Å². The van der Waals surface area contributed by atoms with Gasteiger partial charge in [-0.3, -0.25) is 4.79 Å². The number of amides is 1. The minimum Gasteiger partial charge on any atom is -0.310 e. The maximum absolute atomic E-state index is 11.9. The monoisotopic (exact) mass is 323 g/mol. The van der Waals surface area contributed by atoms with Crippen molar-refractivity contribution < 1.29 is 4.79 Å². The van der Waals surface area contributed by atoms with Crippen molar-refractivity contribution in [3.05, 3.63) is 41.8 Å². The molecule has 0 aromatic carbocycles. The number of aromatic nitrogens is 4. The van der Waals surface area contributed by atoms with Gasteiger partial charge in [-0.05, 0) is 19.1 Å². The summed E-state index contributed by atoms with van der Waals surface area (Å²) in [6.45, 7) is 6.16. The predicted molar refractivity (Wildman–Crippen MR) is 83.6 cm³/mol. The van der Waals surface area contributed by atoms with E-state index >= 15 is 0 Å². The van der Waals surface area contributed by atoms with Gasteiger partial charge in [0.05, 0.1) is 10.8 Å². The van der Waals surface area contributed by atoms with Gasteiger partial charge in [0.2, 0.25) is 5.91 Å². The Morgan fingerprint density at radius 2 is 2.33 bits per heavy atom. The Morgan fingerprint density at radius 3 is 3.00 bits per heavy atom. The van der Waals surface area contributed by atoms with Crippen molar-refractivity contribution in [1.82, 2.24) is 19.7 Å². The first-order valence-corrected chi connectivity index (χ1v) is 7.51. The third kappa shape index (κ3) is 4.30. The van der Waals surface area contributed by atoms with E-state index in [2.05, 4.69) is 27.1 Å². The molecular formula is C13H14ClN5OS. The summed E-state index contributed by atoms with van der Waals surface area (Å²) in [4.78, 5) is 15.9. The van der Waals surface area contributed by atoms with Crippen molar-refractivity contribution in [2.75, 3.05) is 11.1 Å². The molecule has 21 heavy (non-hydrogen) atoms. The van der Waals surface area contributed by atoms with Gasteiger partial charge in [-0.25, -0.2) is 4.98 Å². The molecule has 2 rings (SSSR count). The molecule has 0 bridgehead atoms. The molecule has 0 saturated carbocycles. The molecular weight excluding hydrogens is 310 g/mol. The Kier molecular flexibility index (Phi) is 5.35. The number of anilines is 1. The van der Waals surface area contributed by atoms with Crippen LogP contribution in [0, 0.1) is 6.92 Å². The summed E-state index contributed by atoms with van der Waals surface area (Å²) in [5.41, 5.74) is 0. The third-order valence-electron chi connectivity index (χ3n) is 2.54. The lowest BCUT2D eigenvalue weighted by molar-refractivity contribution is -0.113. The van der Waals surface area contributed by atoms with Gasteiger partial charge in [0.15, 0.2) is 5.16 Å². The molecule has 0 aliphatic heterocycles. The lowest BCUT2D eigenvalue weighted by atomic mass is 10.4. The third-order valence-corrected chi connectivity index (χ3v) is 3.73. The van der Waals surface area contributed by atoms with Crippen molar-refractivity contribution >= 4 is 35.1 Å². The van der Waals surface area contributed by atoms with Crippen molar-refractivity contribution in [3.8, 4) is 0 Å². The molecule has 0 aliphatic rings. The Bertz CT molecular complexity index is 641. The molecule has 0 atom stereocenters. The lowest BCUT2D eigenvalue weighted by Gasteiger charge is -2.06. The molecule has 8 heteroatoms. The lowest BCUT2D eigenvalue weighted by Crippen LogP contribution is -2.15. The van der Waals surface area contributed by atoms with Crippen molar-refractivity contribution in [2.45, 2.75) is 18.6 Å². The fourth-order valence-corrected chi connectivity index (χ4v) is 2.47. The topological polar surface area (TPSA) is 72.7 Å². The molecule has 0 radical (unpaired) electrons. The highest BCUT2D eigenvalue weighted by molar-refractivity contribution is 7.99. The second-order valence-corrected chi connectivity index (χ2v) is 5.51. The van der Waals surface area contributed by atoms with Gasteiger partial charge in [0, 0.05) is 12.7 Å². The number of halogens is 1. The van der Waals surface area contributed by atoms with Crippen LogP contribution in [0.4, 0.5) is 5.82 Å². The Balaban J connectivity index is 1.92. The minimum atomic E-state index is -0.166. The molecule has 0 saturated heterocycles. The van der Waals surface area contributed by atoms with Gasteiger partial charge >= 0.3 is 0 Å². The number of allylic oxidation sites excluding steroid dienone is 1. The van der Waals surface area contributed by atoms with Crippen LogP contribution in [0.3, 0.4) is 0 Å². The Labute approximate surface area is 131 Å². The van der Waals surface area contributed by atoms with Crippen molar-refractivity contribution in [2.24, 2.45) is 0 Å². The van der Waals surface area contributed by atoms with E-state index in [4.69, 9.17) is 11.6 Å². The molecule has 2 heterocycles. The number of carbonyl (C=O) groups excluding carboxylic acids is 1. The Morgan fingerprint density at radius 1 is 1.52 bits per heavy atom. The smallest absolute Gasteiger partial charge is 0.236 e. The molecule has 0 aliphatic carbocycles.